The fourth-order valence-electron chi connectivity index (χ4n) is 2.86. The van der Waals surface area contributed by atoms with Gasteiger partial charge in [-0.15, -0.1) is 0 Å². The normalized spacial score (nSPS) is 12.0. The van der Waals surface area contributed by atoms with Crippen LogP contribution in [0.25, 0.3) is 0 Å². The minimum atomic E-state index is -0.535. The molecule has 0 saturated carbocycles. The number of hydrogen-bond donors (Lipinski definition) is 3. The molecule has 0 heterocycles. The van der Waals surface area contributed by atoms with Crippen LogP contribution in [0.5, 0.6) is 11.5 Å². The zero-order valence-electron chi connectivity index (χ0n) is 18.6. The van der Waals surface area contributed by atoms with Gasteiger partial charge in [0, 0.05) is 19.0 Å². The molecule has 0 spiro atoms. The highest BCUT2D eigenvalue weighted by molar-refractivity contribution is 7.80. The van der Waals surface area contributed by atoms with Crippen molar-refractivity contribution in [2.75, 3.05) is 20.3 Å². The fourth-order valence-corrected chi connectivity index (χ4v) is 3.02. The van der Waals surface area contributed by atoms with Crippen LogP contribution in [0.1, 0.15) is 31.9 Å². The number of methoxy groups -OCH3 is 1. The van der Waals surface area contributed by atoms with Gasteiger partial charge in [-0.05, 0) is 62.7 Å². The van der Waals surface area contributed by atoms with Gasteiger partial charge in [0.1, 0.15) is 0 Å². The van der Waals surface area contributed by atoms with Crippen molar-refractivity contribution in [2.45, 2.75) is 33.7 Å². The molecule has 0 amide bonds. The van der Waals surface area contributed by atoms with Crippen LogP contribution in [0.4, 0.5) is 0 Å². The molecule has 2 aromatic carbocycles. The first-order valence-electron chi connectivity index (χ1n) is 10.3. The lowest BCUT2D eigenvalue weighted by Crippen LogP contribution is -2.39. The van der Waals surface area contributed by atoms with Gasteiger partial charge in [0.05, 0.1) is 19.1 Å². The SMILES string of the molecule is COc1cc(CNC(=S)NC[C@@H](COC(=O)C(C)(C)C)Cc2ccccc2)ccc1O. The summed E-state index contributed by atoms with van der Waals surface area (Å²) in [6, 6.07) is 15.3. The van der Waals surface area contributed by atoms with E-state index in [4.69, 9.17) is 21.7 Å². The van der Waals surface area contributed by atoms with E-state index in [0.717, 1.165) is 12.0 Å². The Morgan fingerprint density at radius 1 is 1.10 bits per heavy atom. The average Bonchev–Trinajstić information content (AvgIpc) is 2.74. The lowest BCUT2D eigenvalue weighted by Gasteiger charge is -2.22. The molecule has 0 fully saturated rings. The summed E-state index contributed by atoms with van der Waals surface area (Å²) in [6.07, 6.45) is 0.767. The highest BCUT2D eigenvalue weighted by Gasteiger charge is 2.24. The van der Waals surface area contributed by atoms with Crippen molar-refractivity contribution in [2.24, 2.45) is 11.3 Å². The number of thiocarbonyl (C=S) groups is 1. The van der Waals surface area contributed by atoms with Crippen LogP contribution in [-0.2, 0) is 22.5 Å². The largest absolute Gasteiger partial charge is 0.504 e. The average molecular weight is 445 g/mol. The number of carbonyl (C=O) groups is 1. The van der Waals surface area contributed by atoms with Gasteiger partial charge < -0.3 is 25.2 Å². The van der Waals surface area contributed by atoms with E-state index in [1.807, 2.05) is 39.0 Å². The molecule has 0 aliphatic carbocycles. The molecule has 0 aromatic heterocycles. The minimum Gasteiger partial charge on any atom is -0.504 e. The minimum absolute atomic E-state index is 0.0715. The fraction of sp³-hybridized carbons (Fsp3) is 0.417. The molecule has 0 bridgehead atoms. The highest BCUT2D eigenvalue weighted by atomic mass is 32.1. The second-order valence-corrected chi connectivity index (χ2v) is 8.88. The molecule has 2 aromatic rings. The number of carbonyl (C=O) groups excluding carboxylic acids is 1. The quantitative estimate of drug-likeness (QED) is 0.401. The van der Waals surface area contributed by atoms with E-state index < -0.39 is 5.41 Å². The molecule has 0 aliphatic heterocycles. The first kappa shape index (κ1) is 24.5. The van der Waals surface area contributed by atoms with E-state index in [2.05, 4.69) is 22.8 Å². The summed E-state index contributed by atoms with van der Waals surface area (Å²) in [7, 11) is 1.51. The smallest absolute Gasteiger partial charge is 0.311 e. The highest BCUT2D eigenvalue weighted by Crippen LogP contribution is 2.26. The maximum atomic E-state index is 12.2. The van der Waals surface area contributed by atoms with Crippen molar-refractivity contribution in [1.29, 1.82) is 0 Å². The molecular weight excluding hydrogens is 412 g/mol. The molecule has 3 N–H and O–H groups in total. The van der Waals surface area contributed by atoms with Gasteiger partial charge in [-0.25, -0.2) is 0 Å². The van der Waals surface area contributed by atoms with E-state index in [0.29, 0.717) is 30.6 Å². The first-order valence-corrected chi connectivity index (χ1v) is 10.7. The topological polar surface area (TPSA) is 79.8 Å². The number of esters is 1. The molecular formula is C24H32N2O4S. The molecule has 6 nitrogen and oxygen atoms in total. The molecule has 0 unspecified atom stereocenters. The number of nitrogens with one attached hydrogen (secondary N) is 2. The summed E-state index contributed by atoms with van der Waals surface area (Å²) < 4.78 is 10.7. The molecule has 168 valence electrons. The van der Waals surface area contributed by atoms with Gasteiger partial charge in [0.2, 0.25) is 0 Å². The number of aromatic hydroxyl groups is 1. The van der Waals surface area contributed by atoms with Crippen LogP contribution in [0.15, 0.2) is 48.5 Å². The molecule has 7 heteroatoms. The van der Waals surface area contributed by atoms with Crippen molar-refractivity contribution >= 4 is 23.3 Å². The zero-order chi connectivity index (χ0) is 22.9. The number of rotatable bonds is 9. The van der Waals surface area contributed by atoms with Gasteiger partial charge in [-0.2, -0.15) is 0 Å². The number of phenolic OH excluding ortho intramolecular Hbond substituents is 1. The van der Waals surface area contributed by atoms with Crippen molar-refractivity contribution < 1.29 is 19.4 Å². The second kappa shape index (κ2) is 11.6. The summed E-state index contributed by atoms with van der Waals surface area (Å²) in [6.45, 7) is 6.91. The van der Waals surface area contributed by atoms with E-state index in [1.165, 1.54) is 12.7 Å². The Balaban J connectivity index is 1.90. The van der Waals surface area contributed by atoms with E-state index in [1.54, 1.807) is 18.2 Å². The molecule has 1 atom stereocenters. The predicted molar refractivity (Wildman–Crippen MR) is 126 cm³/mol. The third-order valence-electron chi connectivity index (χ3n) is 4.68. The number of phenols is 1. The predicted octanol–water partition coefficient (Wildman–Crippen LogP) is 3.81. The zero-order valence-corrected chi connectivity index (χ0v) is 19.4. The Kier molecular flexibility index (Phi) is 9.12. The van der Waals surface area contributed by atoms with Crippen LogP contribution < -0.4 is 15.4 Å². The lowest BCUT2D eigenvalue weighted by molar-refractivity contribution is -0.154. The van der Waals surface area contributed by atoms with Gasteiger partial charge in [0.25, 0.3) is 0 Å². The van der Waals surface area contributed by atoms with Crippen molar-refractivity contribution in [3.63, 3.8) is 0 Å². The summed E-state index contributed by atoms with van der Waals surface area (Å²) in [4.78, 5) is 12.2. The van der Waals surface area contributed by atoms with E-state index in [9.17, 15) is 9.90 Å². The standard InChI is InChI=1S/C24H32N2O4S/c1-24(2,3)22(28)30-16-19(12-17-8-6-5-7-9-17)15-26-23(31)25-14-18-10-11-20(27)21(13-18)29-4/h5-11,13,19,27H,12,14-16H2,1-4H3,(H2,25,26,31)/t19-/m0/s1. The van der Waals surface area contributed by atoms with Crippen LogP contribution in [0, 0.1) is 11.3 Å². The third kappa shape index (κ3) is 8.45. The Hall–Kier alpha value is -2.80. The van der Waals surface area contributed by atoms with Crippen molar-refractivity contribution in [3.8, 4) is 11.5 Å². The molecule has 0 saturated heterocycles. The molecule has 0 radical (unpaired) electrons. The maximum Gasteiger partial charge on any atom is 0.311 e. The van der Waals surface area contributed by atoms with E-state index in [-0.39, 0.29) is 17.6 Å². The second-order valence-electron chi connectivity index (χ2n) is 8.47. The van der Waals surface area contributed by atoms with Crippen LogP contribution in [-0.4, -0.2) is 36.4 Å². The van der Waals surface area contributed by atoms with Gasteiger partial charge in [-0.1, -0.05) is 36.4 Å². The van der Waals surface area contributed by atoms with E-state index >= 15 is 0 Å². The Bertz CT molecular complexity index is 866. The monoisotopic (exact) mass is 444 g/mol. The molecule has 0 aliphatic rings. The number of hydrogen-bond acceptors (Lipinski definition) is 5. The molecule has 2 rings (SSSR count). The van der Waals surface area contributed by atoms with Gasteiger partial charge in [0.15, 0.2) is 16.6 Å². The summed E-state index contributed by atoms with van der Waals surface area (Å²) in [5.41, 5.74) is 1.57. The number of ether oxygens (including phenoxy) is 2. The third-order valence-corrected chi connectivity index (χ3v) is 4.97. The Morgan fingerprint density at radius 3 is 2.45 bits per heavy atom. The lowest BCUT2D eigenvalue weighted by atomic mass is 9.97. The van der Waals surface area contributed by atoms with Crippen LogP contribution in [0.2, 0.25) is 0 Å². The molecule has 31 heavy (non-hydrogen) atoms. The first-order chi connectivity index (χ1) is 14.7. The Morgan fingerprint density at radius 2 is 1.81 bits per heavy atom. The van der Waals surface area contributed by atoms with Crippen LogP contribution >= 0.6 is 12.2 Å². The van der Waals surface area contributed by atoms with Crippen LogP contribution in [0.3, 0.4) is 0 Å². The van der Waals surface area contributed by atoms with Gasteiger partial charge in [-0.3, -0.25) is 4.79 Å². The summed E-state index contributed by atoms with van der Waals surface area (Å²) in [5, 5.41) is 16.6. The van der Waals surface area contributed by atoms with Crippen molar-refractivity contribution in [3.05, 3.63) is 59.7 Å². The summed E-state index contributed by atoms with van der Waals surface area (Å²) >= 11 is 5.41. The Labute approximate surface area is 190 Å². The summed E-state index contributed by atoms with van der Waals surface area (Å²) in [5.74, 6) is 0.372. The maximum absolute atomic E-state index is 12.2. The number of benzene rings is 2. The van der Waals surface area contributed by atoms with Crippen molar-refractivity contribution in [1.82, 2.24) is 10.6 Å². The van der Waals surface area contributed by atoms with Gasteiger partial charge >= 0.3 is 5.97 Å².